The molecule has 3 aromatic rings. The van der Waals surface area contributed by atoms with E-state index in [4.69, 9.17) is 0 Å². The van der Waals surface area contributed by atoms with Gasteiger partial charge in [0.2, 0.25) is 0 Å². The van der Waals surface area contributed by atoms with E-state index in [0.717, 1.165) is 22.5 Å². The quantitative estimate of drug-likeness (QED) is 0.732. The zero-order valence-corrected chi connectivity index (χ0v) is 14.8. The van der Waals surface area contributed by atoms with E-state index >= 15 is 0 Å². The number of hydrogen-bond acceptors (Lipinski definition) is 4. The van der Waals surface area contributed by atoms with E-state index in [1.165, 1.54) is 0 Å². The minimum Gasteiger partial charge on any atom is -0.380 e. The topological polar surface area (TPSA) is 59.8 Å². The van der Waals surface area contributed by atoms with Gasteiger partial charge in [-0.2, -0.15) is 0 Å². The molecule has 1 N–H and O–H groups in total. The molecule has 0 saturated heterocycles. The second kappa shape index (κ2) is 7.40. The highest BCUT2D eigenvalue weighted by Gasteiger charge is 2.11. The van der Waals surface area contributed by atoms with Gasteiger partial charge in [-0.25, -0.2) is 0 Å². The summed E-state index contributed by atoms with van der Waals surface area (Å²) < 4.78 is 2.26. The SMILES string of the molecule is Cc1cc(NCc2cccnc2)c(Br)c(=O)n1Cc1cccnc1. The molecule has 0 aliphatic carbocycles. The second-order valence-corrected chi connectivity index (χ2v) is 6.27. The van der Waals surface area contributed by atoms with Crippen LogP contribution in [0.25, 0.3) is 0 Å². The van der Waals surface area contributed by atoms with Crippen LogP contribution in [0, 0.1) is 6.92 Å². The number of rotatable bonds is 5. The summed E-state index contributed by atoms with van der Waals surface area (Å²) in [7, 11) is 0. The van der Waals surface area contributed by atoms with Crippen LogP contribution in [0.5, 0.6) is 0 Å². The molecule has 0 saturated carbocycles. The number of aromatic nitrogens is 3. The average Bonchev–Trinajstić information content (AvgIpc) is 2.62. The van der Waals surface area contributed by atoms with Gasteiger partial charge >= 0.3 is 0 Å². The highest BCUT2D eigenvalue weighted by molar-refractivity contribution is 9.10. The Hall–Kier alpha value is -2.47. The van der Waals surface area contributed by atoms with Gasteiger partial charge in [0, 0.05) is 37.0 Å². The first-order valence-corrected chi connectivity index (χ1v) is 8.36. The lowest BCUT2D eigenvalue weighted by atomic mass is 10.2. The summed E-state index contributed by atoms with van der Waals surface area (Å²) in [5.41, 5.74) is 3.66. The largest absolute Gasteiger partial charge is 0.380 e. The van der Waals surface area contributed by atoms with Gasteiger partial charge in [-0.3, -0.25) is 14.8 Å². The maximum Gasteiger partial charge on any atom is 0.267 e. The summed E-state index contributed by atoms with van der Waals surface area (Å²) in [6.45, 7) is 3.04. The van der Waals surface area contributed by atoms with E-state index in [0.29, 0.717) is 17.6 Å². The Morgan fingerprint density at radius 1 is 1.12 bits per heavy atom. The third-order valence-corrected chi connectivity index (χ3v) is 4.48. The van der Waals surface area contributed by atoms with Crippen molar-refractivity contribution in [2.24, 2.45) is 0 Å². The fraction of sp³-hybridized carbons (Fsp3) is 0.167. The molecule has 0 unspecified atom stereocenters. The lowest BCUT2D eigenvalue weighted by molar-refractivity contribution is 0.723. The summed E-state index contributed by atoms with van der Waals surface area (Å²) in [5.74, 6) is 0. The number of nitrogens with one attached hydrogen (secondary N) is 1. The van der Waals surface area contributed by atoms with Crippen molar-refractivity contribution < 1.29 is 0 Å². The van der Waals surface area contributed by atoms with E-state index in [1.807, 2.05) is 37.3 Å². The van der Waals surface area contributed by atoms with Crippen LogP contribution >= 0.6 is 15.9 Å². The van der Waals surface area contributed by atoms with Crippen molar-refractivity contribution in [1.29, 1.82) is 0 Å². The van der Waals surface area contributed by atoms with E-state index in [1.54, 1.807) is 29.4 Å². The van der Waals surface area contributed by atoms with Gasteiger partial charge in [-0.15, -0.1) is 0 Å². The van der Waals surface area contributed by atoms with Gasteiger partial charge in [0.05, 0.1) is 12.2 Å². The zero-order chi connectivity index (χ0) is 16.9. The molecule has 3 aromatic heterocycles. The van der Waals surface area contributed by atoms with Crippen molar-refractivity contribution in [2.75, 3.05) is 5.32 Å². The Morgan fingerprint density at radius 2 is 1.79 bits per heavy atom. The van der Waals surface area contributed by atoms with E-state index in [-0.39, 0.29) is 5.56 Å². The van der Waals surface area contributed by atoms with Crippen molar-refractivity contribution >= 4 is 21.6 Å². The molecule has 0 amide bonds. The first kappa shape index (κ1) is 16.4. The predicted molar refractivity (Wildman–Crippen MR) is 98.0 cm³/mol. The summed E-state index contributed by atoms with van der Waals surface area (Å²) >= 11 is 3.43. The number of aryl methyl sites for hydroxylation is 1. The summed E-state index contributed by atoms with van der Waals surface area (Å²) in [4.78, 5) is 20.9. The number of nitrogens with zero attached hydrogens (tertiary/aromatic N) is 3. The minimum absolute atomic E-state index is 0.0625. The normalized spacial score (nSPS) is 10.6. The fourth-order valence-electron chi connectivity index (χ4n) is 2.44. The minimum atomic E-state index is -0.0625. The van der Waals surface area contributed by atoms with Crippen LogP contribution in [0.1, 0.15) is 16.8 Å². The Labute approximate surface area is 148 Å². The van der Waals surface area contributed by atoms with Crippen LogP contribution in [0.2, 0.25) is 0 Å². The lowest BCUT2D eigenvalue weighted by Gasteiger charge is -2.15. The van der Waals surface area contributed by atoms with Gasteiger partial charge in [0.25, 0.3) is 5.56 Å². The molecule has 5 nitrogen and oxygen atoms in total. The summed E-state index contributed by atoms with van der Waals surface area (Å²) in [6, 6.07) is 9.68. The van der Waals surface area contributed by atoms with Crippen molar-refractivity contribution in [3.8, 4) is 0 Å². The third kappa shape index (κ3) is 3.71. The van der Waals surface area contributed by atoms with Crippen LogP contribution < -0.4 is 10.9 Å². The molecule has 0 atom stereocenters. The summed E-state index contributed by atoms with van der Waals surface area (Å²) in [5, 5.41) is 3.29. The number of anilines is 1. The van der Waals surface area contributed by atoms with Crippen LogP contribution in [0.4, 0.5) is 5.69 Å². The Kier molecular flexibility index (Phi) is 5.05. The van der Waals surface area contributed by atoms with Crippen molar-refractivity contribution in [3.63, 3.8) is 0 Å². The van der Waals surface area contributed by atoms with Gasteiger partial charge in [-0.05, 0) is 52.2 Å². The van der Waals surface area contributed by atoms with Crippen LogP contribution in [-0.4, -0.2) is 14.5 Å². The standard InChI is InChI=1S/C18H17BrN4O/c1-13-8-16(22-11-14-4-2-6-20-9-14)17(19)18(24)23(13)12-15-5-3-7-21-10-15/h2-10,22H,11-12H2,1H3. The molecule has 122 valence electrons. The maximum atomic E-state index is 12.7. The van der Waals surface area contributed by atoms with Crippen molar-refractivity contribution in [1.82, 2.24) is 14.5 Å². The zero-order valence-electron chi connectivity index (χ0n) is 13.2. The number of halogens is 1. The first-order valence-electron chi connectivity index (χ1n) is 7.57. The molecule has 3 heterocycles. The average molecular weight is 385 g/mol. The molecule has 0 aliphatic heterocycles. The molecule has 0 aromatic carbocycles. The molecular weight excluding hydrogens is 368 g/mol. The number of pyridine rings is 3. The van der Waals surface area contributed by atoms with Gasteiger partial charge in [0.15, 0.2) is 0 Å². The van der Waals surface area contributed by atoms with Crippen molar-refractivity contribution in [3.05, 3.63) is 86.8 Å². The molecule has 0 aliphatic rings. The van der Waals surface area contributed by atoms with Crippen LogP contribution in [0.15, 0.2) is 64.4 Å². The number of hydrogen-bond donors (Lipinski definition) is 1. The second-order valence-electron chi connectivity index (χ2n) is 5.48. The Balaban J connectivity index is 1.84. The van der Waals surface area contributed by atoms with Gasteiger partial charge in [-0.1, -0.05) is 12.1 Å². The van der Waals surface area contributed by atoms with E-state index in [2.05, 4.69) is 31.2 Å². The Bertz CT molecular complexity index is 879. The fourth-order valence-corrected chi connectivity index (χ4v) is 2.91. The summed E-state index contributed by atoms with van der Waals surface area (Å²) in [6.07, 6.45) is 7.04. The third-order valence-electron chi connectivity index (χ3n) is 3.72. The van der Waals surface area contributed by atoms with Gasteiger partial charge in [0.1, 0.15) is 4.47 Å². The lowest BCUT2D eigenvalue weighted by Crippen LogP contribution is -2.24. The highest BCUT2D eigenvalue weighted by atomic mass is 79.9. The van der Waals surface area contributed by atoms with Crippen LogP contribution in [-0.2, 0) is 13.1 Å². The first-order chi connectivity index (χ1) is 11.6. The molecule has 0 fully saturated rings. The molecular formula is C18H17BrN4O. The van der Waals surface area contributed by atoms with Gasteiger partial charge < -0.3 is 9.88 Å². The molecule has 0 spiro atoms. The van der Waals surface area contributed by atoms with E-state index < -0.39 is 0 Å². The maximum absolute atomic E-state index is 12.7. The predicted octanol–water partition coefficient (Wildman–Crippen LogP) is 3.37. The van der Waals surface area contributed by atoms with Crippen LogP contribution in [0.3, 0.4) is 0 Å². The smallest absolute Gasteiger partial charge is 0.267 e. The molecule has 3 rings (SSSR count). The van der Waals surface area contributed by atoms with Crippen molar-refractivity contribution in [2.45, 2.75) is 20.0 Å². The van der Waals surface area contributed by atoms with E-state index in [9.17, 15) is 4.79 Å². The highest BCUT2D eigenvalue weighted by Crippen LogP contribution is 2.21. The molecule has 0 bridgehead atoms. The molecule has 24 heavy (non-hydrogen) atoms. The molecule has 0 radical (unpaired) electrons. The monoisotopic (exact) mass is 384 g/mol. The molecule has 6 heteroatoms. The Morgan fingerprint density at radius 3 is 2.42 bits per heavy atom.